The molecule has 0 spiro atoms. The van der Waals surface area contributed by atoms with Crippen molar-refractivity contribution in [2.24, 2.45) is 0 Å². The zero-order valence-electron chi connectivity index (χ0n) is 10.2. The fraction of sp³-hybridized carbons (Fsp3) is 0.462. The lowest BCUT2D eigenvalue weighted by Crippen LogP contribution is -2.35. The quantitative estimate of drug-likeness (QED) is 0.782. The number of esters is 1. The van der Waals surface area contributed by atoms with Crippen LogP contribution >= 0.6 is 11.6 Å². The summed E-state index contributed by atoms with van der Waals surface area (Å²) in [5, 5.41) is 3.84. The highest BCUT2D eigenvalue weighted by molar-refractivity contribution is 6.30. The molecule has 1 heterocycles. The zero-order valence-corrected chi connectivity index (χ0v) is 11.0. The van der Waals surface area contributed by atoms with Crippen LogP contribution in [0.5, 0.6) is 0 Å². The third-order valence-electron chi connectivity index (χ3n) is 2.51. The molecule has 0 radical (unpaired) electrons. The third-order valence-corrected chi connectivity index (χ3v) is 2.75. The Bertz CT molecular complexity index is 451. The van der Waals surface area contributed by atoms with Gasteiger partial charge in [0.25, 0.3) is 0 Å². The molecule has 0 saturated carbocycles. The molecular weight excluding hydrogens is 238 g/mol. The third kappa shape index (κ3) is 2.91. The molecule has 1 N–H and O–H groups in total. The Morgan fingerprint density at radius 3 is 2.82 bits per heavy atom. The molecule has 0 saturated heterocycles. The van der Waals surface area contributed by atoms with Gasteiger partial charge < -0.3 is 10.1 Å². The molecule has 1 aliphatic rings. The van der Waals surface area contributed by atoms with Gasteiger partial charge in [0, 0.05) is 17.1 Å². The van der Waals surface area contributed by atoms with Crippen LogP contribution in [-0.4, -0.2) is 17.6 Å². The molecule has 1 atom stereocenters. The Balaban J connectivity index is 2.07. The topological polar surface area (TPSA) is 38.3 Å². The van der Waals surface area contributed by atoms with Gasteiger partial charge in [0.15, 0.2) is 0 Å². The van der Waals surface area contributed by atoms with Crippen LogP contribution in [0.4, 0.5) is 5.69 Å². The second-order valence-electron chi connectivity index (χ2n) is 5.24. The molecule has 92 valence electrons. The summed E-state index contributed by atoms with van der Waals surface area (Å²) in [6, 6.07) is 5.28. The fourth-order valence-corrected chi connectivity index (χ4v) is 2.04. The minimum absolute atomic E-state index is 0.218. The predicted octanol–water partition coefficient (Wildman–Crippen LogP) is 3.02. The molecule has 0 aromatic heterocycles. The van der Waals surface area contributed by atoms with E-state index in [0.717, 1.165) is 11.3 Å². The number of halogens is 1. The molecular formula is C13H16ClNO2. The van der Waals surface area contributed by atoms with E-state index >= 15 is 0 Å². The SMILES string of the molecule is CC(C)(C)OC(=O)C1Cc2cc(Cl)ccc2N1. The van der Waals surface area contributed by atoms with Crippen LogP contribution in [0, 0.1) is 0 Å². The van der Waals surface area contributed by atoms with Crippen molar-refractivity contribution < 1.29 is 9.53 Å². The van der Waals surface area contributed by atoms with Gasteiger partial charge in [-0.3, -0.25) is 0 Å². The van der Waals surface area contributed by atoms with Crippen molar-refractivity contribution in [2.45, 2.75) is 38.8 Å². The molecule has 4 heteroatoms. The van der Waals surface area contributed by atoms with Crippen LogP contribution in [0.15, 0.2) is 18.2 Å². The number of hydrogen-bond acceptors (Lipinski definition) is 3. The average molecular weight is 254 g/mol. The largest absolute Gasteiger partial charge is 0.458 e. The van der Waals surface area contributed by atoms with E-state index in [4.69, 9.17) is 16.3 Å². The highest BCUT2D eigenvalue weighted by atomic mass is 35.5. The second-order valence-corrected chi connectivity index (χ2v) is 5.67. The van der Waals surface area contributed by atoms with E-state index in [1.807, 2.05) is 39.0 Å². The van der Waals surface area contributed by atoms with Gasteiger partial charge in [0.05, 0.1) is 0 Å². The summed E-state index contributed by atoms with van der Waals surface area (Å²) in [6.45, 7) is 5.59. The lowest BCUT2D eigenvalue weighted by molar-refractivity contribution is -0.155. The normalized spacial score (nSPS) is 18.5. The van der Waals surface area contributed by atoms with Crippen LogP contribution in [0.25, 0.3) is 0 Å². The van der Waals surface area contributed by atoms with Gasteiger partial charge in [0.2, 0.25) is 0 Å². The molecule has 1 aliphatic heterocycles. The lowest BCUT2D eigenvalue weighted by atomic mass is 10.1. The van der Waals surface area contributed by atoms with Crippen LogP contribution in [0.1, 0.15) is 26.3 Å². The van der Waals surface area contributed by atoms with Crippen LogP contribution < -0.4 is 5.32 Å². The first-order chi connectivity index (χ1) is 7.85. The summed E-state index contributed by atoms with van der Waals surface area (Å²) in [5.41, 5.74) is 1.57. The Morgan fingerprint density at radius 2 is 2.18 bits per heavy atom. The Labute approximate surface area is 106 Å². The molecule has 1 aromatic carbocycles. The number of carbonyl (C=O) groups is 1. The predicted molar refractivity (Wildman–Crippen MR) is 68.4 cm³/mol. The first-order valence-corrected chi connectivity index (χ1v) is 6.01. The Morgan fingerprint density at radius 1 is 1.47 bits per heavy atom. The first-order valence-electron chi connectivity index (χ1n) is 5.63. The van der Waals surface area contributed by atoms with Crippen molar-refractivity contribution >= 4 is 23.3 Å². The van der Waals surface area contributed by atoms with E-state index in [9.17, 15) is 4.79 Å². The number of rotatable bonds is 1. The summed E-state index contributed by atoms with van der Waals surface area (Å²) in [7, 11) is 0. The Kier molecular flexibility index (Phi) is 3.04. The van der Waals surface area contributed by atoms with Crippen LogP contribution in [-0.2, 0) is 16.0 Å². The summed E-state index contributed by atoms with van der Waals surface area (Å²) >= 11 is 5.91. The monoisotopic (exact) mass is 253 g/mol. The fourth-order valence-electron chi connectivity index (χ4n) is 1.85. The lowest BCUT2D eigenvalue weighted by Gasteiger charge is -2.22. The number of benzene rings is 1. The smallest absolute Gasteiger partial charge is 0.329 e. The summed E-state index contributed by atoms with van der Waals surface area (Å²) in [4.78, 5) is 11.9. The zero-order chi connectivity index (χ0) is 12.6. The Hall–Kier alpha value is -1.22. The number of nitrogens with one attached hydrogen (secondary N) is 1. The van der Waals surface area contributed by atoms with Crippen molar-refractivity contribution in [2.75, 3.05) is 5.32 Å². The van der Waals surface area contributed by atoms with E-state index in [1.54, 1.807) is 0 Å². The number of fused-ring (bicyclic) bond motifs is 1. The van der Waals surface area contributed by atoms with Gasteiger partial charge in [-0.25, -0.2) is 4.79 Å². The molecule has 2 rings (SSSR count). The van der Waals surface area contributed by atoms with Crippen LogP contribution in [0.2, 0.25) is 5.02 Å². The van der Waals surface area contributed by atoms with Crippen LogP contribution in [0.3, 0.4) is 0 Å². The van der Waals surface area contributed by atoms with E-state index < -0.39 is 5.60 Å². The highest BCUT2D eigenvalue weighted by Gasteiger charge is 2.30. The molecule has 17 heavy (non-hydrogen) atoms. The molecule has 0 fully saturated rings. The standard InChI is InChI=1S/C13H16ClNO2/c1-13(2,3)17-12(16)11-7-8-6-9(14)4-5-10(8)15-11/h4-6,11,15H,7H2,1-3H3. The first kappa shape index (κ1) is 12.2. The van der Waals surface area contributed by atoms with Crippen molar-refractivity contribution in [3.05, 3.63) is 28.8 Å². The van der Waals surface area contributed by atoms with Crippen molar-refractivity contribution in [3.63, 3.8) is 0 Å². The average Bonchev–Trinajstić information content (AvgIpc) is 2.57. The van der Waals surface area contributed by atoms with E-state index in [-0.39, 0.29) is 12.0 Å². The van der Waals surface area contributed by atoms with Gasteiger partial charge >= 0.3 is 5.97 Å². The van der Waals surface area contributed by atoms with Gasteiger partial charge in [0.1, 0.15) is 11.6 Å². The van der Waals surface area contributed by atoms with Gasteiger partial charge in [-0.05, 0) is 44.5 Å². The molecule has 3 nitrogen and oxygen atoms in total. The maximum Gasteiger partial charge on any atom is 0.329 e. The molecule has 1 unspecified atom stereocenters. The maximum absolute atomic E-state index is 11.9. The highest BCUT2D eigenvalue weighted by Crippen LogP contribution is 2.29. The molecule has 1 aromatic rings. The van der Waals surface area contributed by atoms with Crippen molar-refractivity contribution in [1.29, 1.82) is 0 Å². The van der Waals surface area contributed by atoms with Gasteiger partial charge in [-0.1, -0.05) is 11.6 Å². The number of carbonyl (C=O) groups excluding carboxylic acids is 1. The summed E-state index contributed by atoms with van der Waals surface area (Å²) < 4.78 is 5.35. The molecule has 0 amide bonds. The minimum atomic E-state index is -0.453. The minimum Gasteiger partial charge on any atom is -0.458 e. The second kappa shape index (κ2) is 4.22. The molecule has 0 bridgehead atoms. The van der Waals surface area contributed by atoms with E-state index in [1.165, 1.54) is 0 Å². The van der Waals surface area contributed by atoms with Gasteiger partial charge in [-0.15, -0.1) is 0 Å². The summed E-state index contributed by atoms with van der Waals surface area (Å²) in [5.74, 6) is -0.218. The maximum atomic E-state index is 11.9. The van der Waals surface area contributed by atoms with Gasteiger partial charge in [-0.2, -0.15) is 0 Å². The van der Waals surface area contributed by atoms with Crippen molar-refractivity contribution in [1.82, 2.24) is 0 Å². The van der Waals surface area contributed by atoms with Crippen molar-refractivity contribution in [3.8, 4) is 0 Å². The molecule has 0 aliphatic carbocycles. The number of hydrogen-bond donors (Lipinski definition) is 1. The number of anilines is 1. The van der Waals surface area contributed by atoms with E-state index in [0.29, 0.717) is 11.4 Å². The number of ether oxygens (including phenoxy) is 1. The van der Waals surface area contributed by atoms with E-state index in [2.05, 4.69) is 5.32 Å². The summed E-state index contributed by atoms with van der Waals surface area (Å²) in [6.07, 6.45) is 0.630.